The van der Waals surface area contributed by atoms with E-state index in [0.29, 0.717) is 12.8 Å². The molecular weight excluding hydrogens is 296 g/mol. The number of urea groups is 1. The molecule has 3 N–H and O–H groups in total. The molecule has 23 heavy (non-hydrogen) atoms. The molecular formula is C17H20N2O4. The Kier molecular flexibility index (Phi) is 4.07. The molecule has 0 spiro atoms. The molecule has 3 atom stereocenters. The molecule has 1 aromatic rings. The summed E-state index contributed by atoms with van der Waals surface area (Å²) in [5.74, 6) is -2.11. The first kappa shape index (κ1) is 15.5. The van der Waals surface area contributed by atoms with E-state index in [1.807, 2.05) is 18.2 Å². The molecule has 122 valence electrons. The van der Waals surface area contributed by atoms with Crippen molar-refractivity contribution in [2.45, 2.75) is 37.6 Å². The Morgan fingerprint density at radius 2 is 1.96 bits per heavy atom. The van der Waals surface area contributed by atoms with Crippen LogP contribution in [0.5, 0.6) is 0 Å². The zero-order valence-corrected chi connectivity index (χ0v) is 12.7. The number of carbonyl (C=O) groups excluding carboxylic acids is 2. The van der Waals surface area contributed by atoms with E-state index in [0.717, 1.165) is 19.3 Å². The highest BCUT2D eigenvalue weighted by Crippen LogP contribution is 2.49. The summed E-state index contributed by atoms with van der Waals surface area (Å²) in [4.78, 5) is 34.9. The van der Waals surface area contributed by atoms with Crippen LogP contribution in [-0.4, -0.2) is 28.6 Å². The van der Waals surface area contributed by atoms with Gasteiger partial charge in [-0.1, -0.05) is 36.8 Å². The second-order valence-corrected chi connectivity index (χ2v) is 6.36. The first-order valence-electron chi connectivity index (χ1n) is 7.93. The quantitative estimate of drug-likeness (QED) is 0.527. The van der Waals surface area contributed by atoms with Gasteiger partial charge in [-0.25, -0.2) is 4.79 Å². The van der Waals surface area contributed by atoms with Crippen molar-refractivity contribution in [3.63, 3.8) is 0 Å². The van der Waals surface area contributed by atoms with Gasteiger partial charge < -0.3 is 10.4 Å². The fourth-order valence-electron chi connectivity index (χ4n) is 3.52. The summed E-state index contributed by atoms with van der Waals surface area (Å²) in [7, 11) is 0. The van der Waals surface area contributed by atoms with Crippen molar-refractivity contribution >= 4 is 17.9 Å². The highest BCUT2D eigenvalue weighted by molar-refractivity contribution is 6.07. The van der Waals surface area contributed by atoms with Crippen molar-refractivity contribution in [3.8, 4) is 0 Å². The number of benzene rings is 1. The number of hydrogen-bond acceptors (Lipinski definition) is 3. The van der Waals surface area contributed by atoms with Crippen LogP contribution in [-0.2, 0) is 16.0 Å². The van der Waals surface area contributed by atoms with E-state index in [1.54, 1.807) is 0 Å². The molecule has 6 nitrogen and oxygen atoms in total. The van der Waals surface area contributed by atoms with Crippen LogP contribution < -0.4 is 10.6 Å². The third-order valence-electron chi connectivity index (χ3n) is 4.84. The number of carboxylic acids is 1. The number of rotatable bonds is 7. The average Bonchev–Trinajstić information content (AvgIpc) is 3.27. The van der Waals surface area contributed by atoms with E-state index < -0.39 is 23.5 Å². The number of aryl methyl sites for hydroxylation is 1. The third-order valence-corrected chi connectivity index (χ3v) is 4.84. The van der Waals surface area contributed by atoms with Crippen LogP contribution in [0.4, 0.5) is 4.79 Å². The molecule has 0 aromatic heterocycles. The van der Waals surface area contributed by atoms with Gasteiger partial charge in [-0.2, -0.15) is 0 Å². The van der Waals surface area contributed by atoms with Crippen LogP contribution in [0, 0.1) is 11.8 Å². The van der Waals surface area contributed by atoms with Crippen molar-refractivity contribution in [2.75, 3.05) is 0 Å². The summed E-state index contributed by atoms with van der Waals surface area (Å²) in [5, 5.41) is 14.1. The van der Waals surface area contributed by atoms with Crippen LogP contribution in [0.3, 0.4) is 0 Å². The van der Waals surface area contributed by atoms with Crippen LogP contribution >= 0.6 is 0 Å². The molecule has 1 aliphatic heterocycles. The minimum Gasteiger partial charge on any atom is -0.481 e. The highest BCUT2D eigenvalue weighted by Gasteiger charge is 2.62. The predicted octanol–water partition coefficient (Wildman–Crippen LogP) is 1.70. The lowest BCUT2D eigenvalue weighted by Gasteiger charge is -2.26. The van der Waals surface area contributed by atoms with Gasteiger partial charge in [0, 0.05) is 5.92 Å². The largest absolute Gasteiger partial charge is 0.481 e. The summed E-state index contributed by atoms with van der Waals surface area (Å²) in [6.45, 7) is 0. The predicted molar refractivity (Wildman–Crippen MR) is 82.6 cm³/mol. The lowest BCUT2D eigenvalue weighted by Crippen LogP contribution is -2.49. The molecule has 1 saturated carbocycles. The van der Waals surface area contributed by atoms with Gasteiger partial charge in [0.05, 0.1) is 5.92 Å². The maximum atomic E-state index is 12.2. The van der Waals surface area contributed by atoms with E-state index >= 15 is 0 Å². The molecule has 3 unspecified atom stereocenters. The van der Waals surface area contributed by atoms with Gasteiger partial charge in [0.25, 0.3) is 5.91 Å². The minimum absolute atomic E-state index is 0.303. The second-order valence-electron chi connectivity index (χ2n) is 6.36. The van der Waals surface area contributed by atoms with Gasteiger partial charge >= 0.3 is 12.0 Å². The summed E-state index contributed by atoms with van der Waals surface area (Å²) in [6, 6.07) is 9.54. The lowest BCUT2D eigenvalue weighted by molar-refractivity contribution is -0.139. The number of amides is 3. The fourth-order valence-corrected chi connectivity index (χ4v) is 3.52. The molecule has 0 radical (unpaired) electrons. The first-order valence-corrected chi connectivity index (χ1v) is 7.93. The van der Waals surface area contributed by atoms with Gasteiger partial charge in [0.1, 0.15) is 5.54 Å². The Morgan fingerprint density at radius 3 is 2.52 bits per heavy atom. The number of carboxylic acid groups (broad SMARTS) is 1. The Hall–Kier alpha value is -2.37. The molecule has 1 aromatic carbocycles. The lowest BCUT2D eigenvalue weighted by atomic mass is 9.85. The van der Waals surface area contributed by atoms with Crippen molar-refractivity contribution in [3.05, 3.63) is 35.9 Å². The van der Waals surface area contributed by atoms with Gasteiger partial charge in [0.15, 0.2) is 0 Å². The fraction of sp³-hybridized carbons (Fsp3) is 0.471. The van der Waals surface area contributed by atoms with E-state index in [-0.39, 0.29) is 11.8 Å². The van der Waals surface area contributed by atoms with E-state index in [2.05, 4.69) is 22.8 Å². The molecule has 3 rings (SSSR count). The third kappa shape index (κ3) is 3.06. The summed E-state index contributed by atoms with van der Waals surface area (Å²) in [6.07, 6.45) is 3.47. The number of carbonyl (C=O) groups is 3. The second kappa shape index (κ2) is 6.02. The first-order chi connectivity index (χ1) is 11.0. The Bertz CT molecular complexity index is 631. The molecule has 1 heterocycles. The zero-order chi connectivity index (χ0) is 16.4. The summed E-state index contributed by atoms with van der Waals surface area (Å²) >= 11 is 0. The van der Waals surface area contributed by atoms with Crippen molar-refractivity contribution in [1.82, 2.24) is 10.6 Å². The number of unbranched alkanes of at least 4 members (excludes halogenated alkanes) is 1. The molecule has 1 aliphatic carbocycles. The number of aliphatic carboxylic acids is 1. The maximum absolute atomic E-state index is 12.2. The van der Waals surface area contributed by atoms with E-state index in [1.165, 1.54) is 5.56 Å². The molecule has 3 amide bonds. The number of nitrogens with one attached hydrogen (secondary N) is 2. The average molecular weight is 316 g/mol. The molecule has 2 fully saturated rings. The summed E-state index contributed by atoms with van der Waals surface area (Å²) in [5.41, 5.74) is 0.188. The topological polar surface area (TPSA) is 95.5 Å². The molecule has 1 saturated heterocycles. The van der Waals surface area contributed by atoms with Gasteiger partial charge in [-0.3, -0.25) is 14.9 Å². The van der Waals surface area contributed by atoms with Crippen LogP contribution in [0.2, 0.25) is 0 Å². The van der Waals surface area contributed by atoms with E-state index in [4.69, 9.17) is 5.11 Å². The molecule has 0 bridgehead atoms. The molecule has 6 heteroatoms. The number of imide groups is 1. The maximum Gasteiger partial charge on any atom is 0.322 e. The Morgan fingerprint density at radius 1 is 1.22 bits per heavy atom. The SMILES string of the molecule is O=C1NC(=O)C(CCCCc2ccccc2)(C2CC2C(=O)O)N1. The zero-order valence-electron chi connectivity index (χ0n) is 12.7. The molecule has 2 aliphatic rings. The van der Waals surface area contributed by atoms with Crippen molar-refractivity contribution in [1.29, 1.82) is 0 Å². The van der Waals surface area contributed by atoms with Crippen LogP contribution in [0.1, 0.15) is 31.2 Å². The van der Waals surface area contributed by atoms with E-state index in [9.17, 15) is 14.4 Å². The van der Waals surface area contributed by atoms with Crippen LogP contribution in [0.15, 0.2) is 30.3 Å². The van der Waals surface area contributed by atoms with Gasteiger partial charge in [-0.05, 0) is 31.2 Å². The normalized spacial score (nSPS) is 29.0. The number of hydrogen-bond donors (Lipinski definition) is 3. The van der Waals surface area contributed by atoms with Gasteiger partial charge in [-0.15, -0.1) is 0 Å². The highest BCUT2D eigenvalue weighted by atomic mass is 16.4. The van der Waals surface area contributed by atoms with Crippen molar-refractivity contribution < 1.29 is 19.5 Å². The Balaban J connectivity index is 1.60. The van der Waals surface area contributed by atoms with Crippen LogP contribution in [0.25, 0.3) is 0 Å². The van der Waals surface area contributed by atoms with Crippen molar-refractivity contribution in [2.24, 2.45) is 11.8 Å². The standard InChI is InChI=1S/C17H20N2O4/c20-14(21)12-10-13(12)17(15(22)18-16(23)19-17)9-5-4-8-11-6-2-1-3-7-11/h1-3,6-7,12-13H,4-5,8-10H2,(H,20,21)(H2,18,19,22,23). The minimum atomic E-state index is -1.04. The monoisotopic (exact) mass is 316 g/mol. The summed E-state index contributed by atoms with van der Waals surface area (Å²) < 4.78 is 0. The van der Waals surface area contributed by atoms with Gasteiger partial charge in [0.2, 0.25) is 0 Å². The Labute approximate surface area is 134 Å². The smallest absolute Gasteiger partial charge is 0.322 e.